The number of piperidine rings is 1. The quantitative estimate of drug-likeness (QED) is 0.560. The molecular formula is C28H36ClN5O4. The molecule has 1 saturated heterocycles. The summed E-state index contributed by atoms with van der Waals surface area (Å²) in [4.78, 5) is 37.8. The second-order valence-corrected chi connectivity index (χ2v) is 11.2. The highest BCUT2D eigenvalue weighted by Crippen LogP contribution is 2.29. The number of rotatable bonds is 6. The highest BCUT2D eigenvalue weighted by Gasteiger charge is 2.25. The first-order valence-corrected chi connectivity index (χ1v) is 13.4. The van der Waals surface area contributed by atoms with Gasteiger partial charge in [0, 0.05) is 25.4 Å². The minimum absolute atomic E-state index is 0.0530. The summed E-state index contributed by atoms with van der Waals surface area (Å²) in [5, 5.41) is 3.24. The Bertz CT molecular complexity index is 1180. The first-order valence-electron chi connectivity index (χ1n) is 13.0. The third-order valence-corrected chi connectivity index (χ3v) is 6.57. The number of ether oxygens (including phenoxy) is 2. The van der Waals surface area contributed by atoms with Crippen molar-refractivity contribution in [3.05, 3.63) is 52.9 Å². The number of amides is 2. The van der Waals surface area contributed by atoms with Crippen LogP contribution in [0.3, 0.4) is 0 Å². The molecule has 38 heavy (non-hydrogen) atoms. The third-order valence-electron chi connectivity index (χ3n) is 6.28. The van der Waals surface area contributed by atoms with Crippen LogP contribution in [0.25, 0.3) is 5.57 Å². The Morgan fingerprint density at radius 3 is 2.71 bits per heavy atom. The number of carbonyl (C=O) groups excluding carboxylic acids is 2. The van der Waals surface area contributed by atoms with Gasteiger partial charge in [0.2, 0.25) is 5.91 Å². The molecule has 0 saturated carbocycles. The van der Waals surface area contributed by atoms with E-state index in [1.165, 1.54) is 6.20 Å². The third kappa shape index (κ3) is 7.91. The zero-order chi connectivity index (χ0) is 27.3. The van der Waals surface area contributed by atoms with E-state index in [0.29, 0.717) is 29.7 Å². The minimum Gasteiger partial charge on any atom is -0.487 e. The Labute approximate surface area is 229 Å². The maximum Gasteiger partial charge on any atom is 0.410 e. The van der Waals surface area contributed by atoms with Crippen LogP contribution >= 0.6 is 11.6 Å². The molecule has 2 aliphatic rings. The number of anilines is 1. The fourth-order valence-corrected chi connectivity index (χ4v) is 4.62. The van der Waals surface area contributed by atoms with Crippen molar-refractivity contribution in [2.75, 3.05) is 38.5 Å². The summed E-state index contributed by atoms with van der Waals surface area (Å²) < 4.78 is 11.6. The SMILES string of the molecule is CN1CCC[C@H](Oc2cc(NC(=O)Cc3ccc(C4=CCCN(C(=O)OC(C)(C)C)C4)nc3)ncc2Cl)C1. The second-order valence-electron chi connectivity index (χ2n) is 10.8. The van der Waals surface area contributed by atoms with E-state index in [1.54, 1.807) is 17.2 Å². The molecule has 0 aromatic carbocycles. The van der Waals surface area contributed by atoms with E-state index in [1.807, 2.05) is 32.9 Å². The molecule has 1 atom stereocenters. The Morgan fingerprint density at radius 2 is 2.00 bits per heavy atom. The first-order chi connectivity index (χ1) is 18.1. The highest BCUT2D eigenvalue weighted by atomic mass is 35.5. The van der Waals surface area contributed by atoms with Gasteiger partial charge in [0.05, 0.1) is 24.9 Å². The van der Waals surface area contributed by atoms with Gasteiger partial charge in [0.1, 0.15) is 28.3 Å². The number of nitrogens with zero attached hydrogens (tertiary/aromatic N) is 4. The average Bonchev–Trinajstić information content (AvgIpc) is 2.85. The summed E-state index contributed by atoms with van der Waals surface area (Å²) in [6.07, 6.45) is 7.90. The molecular weight excluding hydrogens is 506 g/mol. The van der Waals surface area contributed by atoms with Crippen LogP contribution in [-0.2, 0) is 16.0 Å². The summed E-state index contributed by atoms with van der Waals surface area (Å²) in [6, 6.07) is 5.42. The van der Waals surface area contributed by atoms with Crippen LogP contribution in [0.1, 0.15) is 51.3 Å². The lowest BCUT2D eigenvalue weighted by atomic mass is 10.0. The summed E-state index contributed by atoms with van der Waals surface area (Å²) >= 11 is 6.30. The standard InChI is InChI=1S/C28H36ClN5O4/c1-28(2,3)38-27(36)34-12-5-7-20(17-34)23-10-9-19(15-30-23)13-26(35)32-25-14-24(22(29)16-31-25)37-21-8-6-11-33(4)18-21/h7,9-10,14-16,21H,5-6,8,11-13,17-18H2,1-4H3,(H,31,32,35)/t21-/m0/s1. The molecule has 2 aromatic heterocycles. The monoisotopic (exact) mass is 541 g/mol. The van der Waals surface area contributed by atoms with Gasteiger partial charge in [0.25, 0.3) is 0 Å². The molecule has 2 amide bonds. The molecule has 0 aliphatic carbocycles. The van der Waals surface area contributed by atoms with Crippen LogP contribution in [0.4, 0.5) is 10.6 Å². The van der Waals surface area contributed by atoms with Crippen LogP contribution in [0.15, 0.2) is 36.7 Å². The van der Waals surface area contributed by atoms with Crippen LogP contribution in [0.5, 0.6) is 5.75 Å². The molecule has 1 N–H and O–H groups in total. The lowest BCUT2D eigenvalue weighted by Gasteiger charge is -2.30. The number of likely N-dealkylation sites (N-methyl/N-ethyl adjacent to an activating group) is 1. The Balaban J connectivity index is 1.32. The Hall–Kier alpha value is -3.17. The lowest BCUT2D eigenvalue weighted by molar-refractivity contribution is -0.115. The van der Waals surface area contributed by atoms with Crippen molar-refractivity contribution < 1.29 is 19.1 Å². The van der Waals surface area contributed by atoms with Gasteiger partial charge >= 0.3 is 6.09 Å². The minimum atomic E-state index is -0.540. The molecule has 4 heterocycles. The van der Waals surface area contributed by atoms with Crippen molar-refractivity contribution in [1.29, 1.82) is 0 Å². The van der Waals surface area contributed by atoms with E-state index in [-0.39, 0.29) is 24.5 Å². The van der Waals surface area contributed by atoms with Crippen molar-refractivity contribution in [3.8, 4) is 5.75 Å². The van der Waals surface area contributed by atoms with Crippen LogP contribution in [0, 0.1) is 0 Å². The number of carbonyl (C=O) groups is 2. The molecule has 2 aliphatic heterocycles. The normalized spacial score (nSPS) is 18.5. The Morgan fingerprint density at radius 1 is 1.18 bits per heavy atom. The molecule has 0 unspecified atom stereocenters. The molecule has 10 heteroatoms. The van der Waals surface area contributed by atoms with Gasteiger partial charge in [-0.1, -0.05) is 23.7 Å². The number of aromatic nitrogens is 2. The number of pyridine rings is 2. The predicted molar refractivity (Wildman–Crippen MR) is 147 cm³/mol. The number of nitrogens with one attached hydrogen (secondary N) is 1. The van der Waals surface area contributed by atoms with Crippen molar-refractivity contribution in [2.45, 2.75) is 58.2 Å². The van der Waals surface area contributed by atoms with Gasteiger partial charge in [-0.15, -0.1) is 0 Å². The molecule has 9 nitrogen and oxygen atoms in total. The van der Waals surface area contributed by atoms with E-state index in [0.717, 1.165) is 49.2 Å². The van der Waals surface area contributed by atoms with Crippen molar-refractivity contribution in [2.24, 2.45) is 0 Å². The summed E-state index contributed by atoms with van der Waals surface area (Å²) in [5.74, 6) is 0.688. The largest absolute Gasteiger partial charge is 0.487 e. The molecule has 0 bridgehead atoms. The van der Waals surface area contributed by atoms with E-state index < -0.39 is 5.60 Å². The van der Waals surface area contributed by atoms with Gasteiger partial charge in [-0.25, -0.2) is 9.78 Å². The van der Waals surface area contributed by atoms with Crippen LogP contribution in [0.2, 0.25) is 5.02 Å². The zero-order valence-electron chi connectivity index (χ0n) is 22.5. The van der Waals surface area contributed by atoms with E-state index >= 15 is 0 Å². The van der Waals surface area contributed by atoms with Crippen molar-refractivity contribution in [1.82, 2.24) is 19.8 Å². The summed E-state index contributed by atoms with van der Waals surface area (Å²) in [6.45, 7) is 8.50. The number of likely N-dealkylation sites (tertiary alicyclic amines) is 1. The van der Waals surface area contributed by atoms with Gasteiger partial charge in [-0.05, 0) is 70.8 Å². The average molecular weight is 542 g/mol. The fraction of sp³-hybridized carbons (Fsp3) is 0.500. The molecule has 0 spiro atoms. The highest BCUT2D eigenvalue weighted by molar-refractivity contribution is 6.32. The van der Waals surface area contributed by atoms with E-state index in [9.17, 15) is 9.59 Å². The summed E-state index contributed by atoms with van der Waals surface area (Å²) in [7, 11) is 2.07. The van der Waals surface area contributed by atoms with E-state index in [2.05, 4.69) is 33.3 Å². The van der Waals surface area contributed by atoms with Crippen LogP contribution in [-0.4, -0.2) is 76.7 Å². The first kappa shape index (κ1) is 27.9. The molecule has 4 rings (SSSR count). The maximum absolute atomic E-state index is 12.7. The smallest absolute Gasteiger partial charge is 0.410 e. The second kappa shape index (κ2) is 12.1. The molecule has 2 aromatic rings. The van der Waals surface area contributed by atoms with Gasteiger partial charge in [-0.3, -0.25) is 9.78 Å². The van der Waals surface area contributed by atoms with Crippen molar-refractivity contribution in [3.63, 3.8) is 0 Å². The number of halogens is 1. The number of hydrogen-bond donors (Lipinski definition) is 1. The molecule has 0 radical (unpaired) electrons. The van der Waals surface area contributed by atoms with Crippen molar-refractivity contribution >= 4 is 35.0 Å². The Kier molecular flexibility index (Phi) is 8.89. The van der Waals surface area contributed by atoms with Gasteiger partial charge in [0.15, 0.2) is 0 Å². The fourth-order valence-electron chi connectivity index (χ4n) is 4.48. The maximum atomic E-state index is 12.7. The molecule has 1 fully saturated rings. The van der Waals surface area contributed by atoms with Gasteiger partial charge < -0.3 is 24.6 Å². The lowest BCUT2D eigenvalue weighted by Crippen LogP contribution is -2.39. The van der Waals surface area contributed by atoms with Crippen LogP contribution < -0.4 is 10.1 Å². The van der Waals surface area contributed by atoms with Gasteiger partial charge in [-0.2, -0.15) is 0 Å². The topological polar surface area (TPSA) is 96.9 Å². The zero-order valence-corrected chi connectivity index (χ0v) is 23.3. The number of hydrogen-bond acceptors (Lipinski definition) is 7. The molecule has 204 valence electrons. The van der Waals surface area contributed by atoms with E-state index in [4.69, 9.17) is 21.1 Å². The summed E-state index contributed by atoms with van der Waals surface area (Å²) in [5.41, 5.74) is 1.96. The predicted octanol–water partition coefficient (Wildman–Crippen LogP) is 4.81.